The van der Waals surface area contributed by atoms with Crippen molar-refractivity contribution in [3.05, 3.63) is 23.0 Å². The maximum absolute atomic E-state index is 5.17. The van der Waals surface area contributed by atoms with E-state index >= 15 is 0 Å². The van der Waals surface area contributed by atoms with E-state index in [0.29, 0.717) is 6.42 Å². The molecule has 1 aromatic rings. The van der Waals surface area contributed by atoms with Crippen LogP contribution in [0.4, 0.5) is 0 Å². The van der Waals surface area contributed by atoms with Gasteiger partial charge >= 0.3 is 0 Å². The van der Waals surface area contributed by atoms with Crippen LogP contribution < -0.4 is 0 Å². The van der Waals surface area contributed by atoms with Gasteiger partial charge in [0.1, 0.15) is 0 Å². The van der Waals surface area contributed by atoms with Crippen molar-refractivity contribution in [3.8, 4) is 12.3 Å². The number of aromatic amines is 1. The van der Waals surface area contributed by atoms with Gasteiger partial charge in [0.05, 0.1) is 0 Å². The predicted molar refractivity (Wildman–Crippen MR) is 42.8 cm³/mol. The first-order valence-corrected chi connectivity index (χ1v) is 3.32. The van der Waals surface area contributed by atoms with Crippen molar-refractivity contribution in [3.63, 3.8) is 0 Å². The standard InChI is InChI=1S/C9H11N/c1-4-5-9-7(2)6-8(3)10-9/h1,6,10H,5H2,2-3H3. The summed E-state index contributed by atoms with van der Waals surface area (Å²) < 4.78 is 0. The predicted octanol–water partition coefficient (Wildman–Crippen LogP) is 1.81. The Hall–Kier alpha value is -1.16. The van der Waals surface area contributed by atoms with Crippen molar-refractivity contribution in [2.75, 3.05) is 0 Å². The average molecular weight is 133 g/mol. The van der Waals surface area contributed by atoms with Gasteiger partial charge in [-0.3, -0.25) is 0 Å². The van der Waals surface area contributed by atoms with Gasteiger partial charge in [-0.25, -0.2) is 0 Å². The summed E-state index contributed by atoms with van der Waals surface area (Å²) in [7, 11) is 0. The van der Waals surface area contributed by atoms with E-state index in [4.69, 9.17) is 6.42 Å². The summed E-state index contributed by atoms with van der Waals surface area (Å²) in [6, 6.07) is 2.10. The van der Waals surface area contributed by atoms with Gasteiger partial charge in [-0.1, -0.05) is 0 Å². The van der Waals surface area contributed by atoms with Crippen LogP contribution >= 0.6 is 0 Å². The van der Waals surface area contributed by atoms with Crippen LogP contribution in [0, 0.1) is 26.2 Å². The molecule has 1 aromatic heterocycles. The lowest BCUT2D eigenvalue weighted by Crippen LogP contribution is -1.83. The lowest BCUT2D eigenvalue weighted by molar-refractivity contribution is 1.12. The van der Waals surface area contributed by atoms with Crippen LogP contribution in [-0.4, -0.2) is 4.98 Å². The quantitative estimate of drug-likeness (QED) is 0.562. The number of aryl methyl sites for hydroxylation is 2. The maximum Gasteiger partial charge on any atom is 0.0491 e. The van der Waals surface area contributed by atoms with Crippen molar-refractivity contribution < 1.29 is 0 Å². The fourth-order valence-corrected chi connectivity index (χ4v) is 1.07. The van der Waals surface area contributed by atoms with Crippen LogP contribution in [-0.2, 0) is 6.42 Å². The topological polar surface area (TPSA) is 15.8 Å². The molecule has 0 atom stereocenters. The zero-order chi connectivity index (χ0) is 7.56. The molecule has 1 nitrogen and oxygen atoms in total. The van der Waals surface area contributed by atoms with E-state index < -0.39 is 0 Å². The number of rotatable bonds is 1. The number of terminal acetylenes is 1. The van der Waals surface area contributed by atoms with Crippen LogP contribution in [0.25, 0.3) is 0 Å². The van der Waals surface area contributed by atoms with Gasteiger partial charge in [0.15, 0.2) is 0 Å². The van der Waals surface area contributed by atoms with Crippen molar-refractivity contribution >= 4 is 0 Å². The number of nitrogens with one attached hydrogen (secondary N) is 1. The summed E-state index contributed by atoms with van der Waals surface area (Å²) in [5, 5.41) is 0. The van der Waals surface area contributed by atoms with Gasteiger partial charge < -0.3 is 4.98 Å². The molecule has 0 fully saturated rings. The summed E-state index contributed by atoms with van der Waals surface area (Å²) >= 11 is 0. The van der Waals surface area contributed by atoms with Crippen LogP contribution in [0.5, 0.6) is 0 Å². The van der Waals surface area contributed by atoms with Gasteiger partial charge in [-0.05, 0) is 25.5 Å². The van der Waals surface area contributed by atoms with E-state index in [1.54, 1.807) is 0 Å². The lowest BCUT2D eigenvalue weighted by atomic mass is 10.2. The highest BCUT2D eigenvalue weighted by Gasteiger charge is 1.97. The molecule has 0 aliphatic rings. The Morgan fingerprint density at radius 2 is 2.30 bits per heavy atom. The first-order valence-electron chi connectivity index (χ1n) is 3.32. The van der Waals surface area contributed by atoms with Gasteiger partial charge in [0.25, 0.3) is 0 Å². The van der Waals surface area contributed by atoms with Crippen LogP contribution in [0.15, 0.2) is 6.07 Å². The Morgan fingerprint density at radius 1 is 1.60 bits per heavy atom. The summed E-state index contributed by atoms with van der Waals surface area (Å²) in [6.07, 6.45) is 5.88. The minimum absolute atomic E-state index is 0.708. The summed E-state index contributed by atoms with van der Waals surface area (Å²) in [6.45, 7) is 4.10. The molecule has 0 unspecified atom stereocenters. The molecule has 0 spiro atoms. The molecule has 0 aliphatic heterocycles. The highest BCUT2D eigenvalue weighted by Crippen LogP contribution is 2.08. The molecule has 1 heterocycles. The van der Waals surface area contributed by atoms with E-state index in [2.05, 4.69) is 23.9 Å². The molecule has 0 saturated heterocycles. The van der Waals surface area contributed by atoms with Crippen LogP contribution in [0.3, 0.4) is 0 Å². The van der Waals surface area contributed by atoms with Crippen molar-refractivity contribution in [1.82, 2.24) is 4.98 Å². The van der Waals surface area contributed by atoms with E-state index in [1.165, 1.54) is 17.0 Å². The Balaban J connectivity index is 2.94. The molecule has 52 valence electrons. The highest BCUT2D eigenvalue weighted by atomic mass is 14.7. The third kappa shape index (κ3) is 1.22. The molecule has 0 aliphatic carbocycles. The second-order valence-corrected chi connectivity index (χ2v) is 2.49. The maximum atomic E-state index is 5.17. The molecule has 10 heavy (non-hydrogen) atoms. The molecular weight excluding hydrogens is 122 g/mol. The molecule has 1 rings (SSSR count). The number of hydrogen-bond donors (Lipinski definition) is 1. The second-order valence-electron chi connectivity index (χ2n) is 2.49. The largest absolute Gasteiger partial charge is 0.361 e. The smallest absolute Gasteiger partial charge is 0.0491 e. The van der Waals surface area contributed by atoms with Crippen molar-refractivity contribution in [1.29, 1.82) is 0 Å². The van der Waals surface area contributed by atoms with Crippen molar-refractivity contribution in [2.45, 2.75) is 20.3 Å². The molecule has 1 N–H and O–H groups in total. The molecular formula is C9H11N. The molecule has 1 heteroatoms. The second kappa shape index (κ2) is 2.62. The summed E-state index contributed by atoms with van der Waals surface area (Å²) in [5.74, 6) is 2.61. The third-order valence-corrected chi connectivity index (χ3v) is 1.54. The fourth-order valence-electron chi connectivity index (χ4n) is 1.07. The highest BCUT2D eigenvalue weighted by molar-refractivity contribution is 5.26. The van der Waals surface area contributed by atoms with Gasteiger partial charge in [-0.15, -0.1) is 12.3 Å². The minimum atomic E-state index is 0.708. The van der Waals surface area contributed by atoms with E-state index in [1.807, 2.05) is 6.92 Å². The summed E-state index contributed by atoms with van der Waals surface area (Å²) in [5.41, 5.74) is 3.61. The normalized spacial score (nSPS) is 9.30. The van der Waals surface area contributed by atoms with E-state index in [0.717, 1.165) is 0 Å². The first kappa shape index (κ1) is 6.95. The summed E-state index contributed by atoms with van der Waals surface area (Å²) in [4.78, 5) is 3.20. The molecule has 0 saturated carbocycles. The first-order chi connectivity index (χ1) is 4.74. The third-order valence-electron chi connectivity index (χ3n) is 1.54. The Labute approximate surface area is 61.5 Å². The molecule has 0 bridgehead atoms. The lowest BCUT2D eigenvalue weighted by Gasteiger charge is -1.89. The van der Waals surface area contributed by atoms with Crippen molar-refractivity contribution in [2.24, 2.45) is 0 Å². The van der Waals surface area contributed by atoms with Gasteiger partial charge in [-0.2, -0.15) is 0 Å². The minimum Gasteiger partial charge on any atom is -0.361 e. The van der Waals surface area contributed by atoms with E-state index in [-0.39, 0.29) is 0 Å². The fraction of sp³-hybridized carbons (Fsp3) is 0.333. The zero-order valence-corrected chi connectivity index (χ0v) is 6.36. The number of H-pyrrole nitrogens is 1. The molecule has 0 aromatic carbocycles. The Bertz CT molecular complexity index is 263. The van der Waals surface area contributed by atoms with Gasteiger partial charge in [0.2, 0.25) is 0 Å². The number of hydrogen-bond acceptors (Lipinski definition) is 0. The monoisotopic (exact) mass is 133 g/mol. The van der Waals surface area contributed by atoms with E-state index in [9.17, 15) is 0 Å². The molecule has 0 radical (unpaired) electrons. The van der Waals surface area contributed by atoms with Crippen LogP contribution in [0.1, 0.15) is 17.0 Å². The van der Waals surface area contributed by atoms with Gasteiger partial charge in [0, 0.05) is 17.8 Å². The van der Waals surface area contributed by atoms with Crippen LogP contribution in [0.2, 0.25) is 0 Å². The Morgan fingerprint density at radius 3 is 2.70 bits per heavy atom. The average Bonchev–Trinajstić information content (AvgIpc) is 2.13. The Kier molecular flexibility index (Phi) is 1.82. The number of aromatic nitrogens is 1. The zero-order valence-electron chi connectivity index (χ0n) is 6.36. The SMILES string of the molecule is C#CCc1[nH]c(C)cc1C. The molecule has 0 amide bonds.